The average Bonchev–Trinajstić information content (AvgIpc) is 3.48. The lowest BCUT2D eigenvalue weighted by atomic mass is 9.95. The van der Waals surface area contributed by atoms with Crippen LogP contribution in [0.1, 0.15) is 36.6 Å². The van der Waals surface area contributed by atoms with Crippen LogP contribution in [0.4, 0.5) is 5.69 Å². The Morgan fingerprint density at radius 1 is 1.00 bits per heavy atom. The number of amides is 1. The summed E-state index contributed by atoms with van der Waals surface area (Å²) in [5, 5.41) is 0. The number of carbonyl (C=O) groups excluding carboxylic acids is 2. The van der Waals surface area contributed by atoms with E-state index in [1.165, 1.54) is 18.8 Å². The van der Waals surface area contributed by atoms with E-state index < -0.39 is 17.6 Å². The molecule has 1 atom stereocenters. The first-order valence-corrected chi connectivity index (χ1v) is 15.5. The van der Waals surface area contributed by atoms with Crippen LogP contribution in [0.25, 0.3) is 5.57 Å². The van der Waals surface area contributed by atoms with Crippen molar-refractivity contribution in [3.63, 3.8) is 0 Å². The number of aromatic nitrogens is 1. The van der Waals surface area contributed by atoms with E-state index in [1.807, 2.05) is 54.6 Å². The van der Waals surface area contributed by atoms with Gasteiger partial charge in [-0.1, -0.05) is 75.8 Å². The highest BCUT2D eigenvalue weighted by Crippen LogP contribution is 2.41. The number of anilines is 1. The first kappa shape index (κ1) is 29.6. The molecule has 2 aliphatic rings. The molecule has 3 aromatic carbocycles. The molecule has 0 saturated carbocycles. The number of allylic oxidation sites excluding steroid dienone is 1. The van der Waals surface area contributed by atoms with Gasteiger partial charge in [-0.05, 0) is 43.2 Å². The molecule has 0 spiro atoms. The lowest BCUT2D eigenvalue weighted by Gasteiger charge is -2.26. The summed E-state index contributed by atoms with van der Waals surface area (Å²) in [5.41, 5.74) is 3.43. The average molecular weight is 675 g/mol. The summed E-state index contributed by atoms with van der Waals surface area (Å²) in [5.74, 6) is 0.0352. The number of nitrogens with zero attached hydrogens (tertiary/aromatic N) is 3. The summed E-state index contributed by atoms with van der Waals surface area (Å²) in [6.07, 6.45) is 0. The van der Waals surface area contributed by atoms with Crippen molar-refractivity contribution in [1.82, 2.24) is 4.57 Å². The fraction of sp³-hybridized carbons (Fsp3) is 0.212. The molecule has 0 saturated heterocycles. The van der Waals surface area contributed by atoms with Gasteiger partial charge in [-0.25, -0.2) is 9.79 Å². The molecule has 1 aromatic heterocycles. The molecule has 9 nitrogen and oxygen atoms in total. The monoisotopic (exact) mass is 673 g/mol. The summed E-state index contributed by atoms with van der Waals surface area (Å²) in [6, 6.07) is 19.7. The standard InChI is InChI=1S/C33H28BrN3O6S/c1-5-43-32(40)26-18(2)35-33-37(28(26)21-15-24(41-3)25(42-4)16-22(21)34)31(39)29(44-33)27-20-13-9-10-14-23(20)36(30(27)38)17-19-11-7-6-8-12-19/h6-16,28H,5,17H2,1-4H3/b29-27-/t28-/m0/s1. The Kier molecular flexibility index (Phi) is 8.00. The molecule has 224 valence electrons. The summed E-state index contributed by atoms with van der Waals surface area (Å²) in [7, 11) is 3.04. The minimum absolute atomic E-state index is 0.145. The van der Waals surface area contributed by atoms with Crippen molar-refractivity contribution < 1.29 is 23.8 Å². The number of hydrogen-bond acceptors (Lipinski definition) is 8. The number of fused-ring (bicyclic) bond motifs is 2. The third kappa shape index (κ3) is 4.86. The smallest absolute Gasteiger partial charge is 0.338 e. The Balaban J connectivity index is 1.61. The fourth-order valence-corrected chi connectivity index (χ4v) is 7.31. The number of esters is 1. The fourth-order valence-electron chi connectivity index (χ4n) is 5.64. The Bertz CT molecular complexity index is 2030. The van der Waals surface area contributed by atoms with Crippen molar-refractivity contribution in [2.24, 2.45) is 4.99 Å². The van der Waals surface area contributed by atoms with Gasteiger partial charge in [0, 0.05) is 10.0 Å². The SMILES string of the molecule is CCOC(=O)C1=C(C)N=c2s/c(=C3\C(=O)N(Cc4ccccc4)c4ccccc43)c(=O)n2[C@H]1c1cc(OC)c(OC)cc1Br. The molecule has 0 N–H and O–H groups in total. The first-order valence-electron chi connectivity index (χ1n) is 13.9. The van der Waals surface area contributed by atoms with Crippen molar-refractivity contribution in [3.05, 3.63) is 119 Å². The Hall–Kier alpha value is -4.48. The predicted octanol–water partition coefficient (Wildman–Crippen LogP) is 4.50. The minimum Gasteiger partial charge on any atom is -0.493 e. The van der Waals surface area contributed by atoms with Crippen molar-refractivity contribution in [2.75, 3.05) is 25.7 Å². The van der Waals surface area contributed by atoms with Crippen LogP contribution >= 0.6 is 27.3 Å². The van der Waals surface area contributed by atoms with Gasteiger partial charge in [0.2, 0.25) is 0 Å². The summed E-state index contributed by atoms with van der Waals surface area (Å²) < 4.78 is 18.8. The molecular formula is C33H28BrN3O6S. The quantitative estimate of drug-likeness (QED) is 0.268. The van der Waals surface area contributed by atoms with E-state index in [1.54, 1.807) is 30.9 Å². The van der Waals surface area contributed by atoms with Crippen LogP contribution < -0.4 is 29.3 Å². The number of rotatable bonds is 7. The molecule has 0 unspecified atom stereocenters. The van der Waals surface area contributed by atoms with Crippen LogP contribution in [0.3, 0.4) is 0 Å². The second-order valence-corrected chi connectivity index (χ2v) is 12.0. The number of ether oxygens (including phenoxy) is 3. The zero-order chi connectivity index (χ0) is 31.1. The van der Waals surface area contributed by atoms with Crippen LogP contribution in [0.5, 0.6) is 11.5 Å². The van der Waals surface area contributed by atoms with E-state index >= 15 is 0 Å². The zero-order valence-electron chi connectivity index (χ0n) is 24.4. The lowest BCUT2D eigenvalue weighted by molar-refractivity contribution is -0.139. The number of benzene rings is 3. The second-order valence-electron chi connectivity index (χ2n) is 10.1. The largest absolute Gasteiger partial charge is 0.493 e. The maximum absolute atomic E-state index is 14.5. The second kappa shape index (κ2) is 11.9. The maximum atomic E-state index is 14.5. The normalized spacial score (nSPS) is 16.8. The van der Waals surface area contributed by atoms with E-state index in [9.17, 15) is 14.4 Å². The Labute approximate surface area is 265 Å². The third-order valence-electron chi connectivity index (χ3n) is 7.62. The van der Waals surface area contributed by atoms with Gasteiger partial charge < -0.3 is 19.1 Å². The van der Waals surface area contributed by atoms with Crippen molar-refractivity contribution >= 4 is 50.4 Å². The molecule has 2 aliphatic heterocycles. The van der Waals surface area contributed by atoms with Gasteiger partial charge in [-0.15, -0.1) is 0 Å². The number of carbonyl (C=O) groups is 2. The van der Waals surface area contributed by atoms with Crippen LogP contribution in [-0.4, -0.2) is 37.3 Å². The van der Waals surface area contributed by atoms with Crippen LogP contribution in [0.2, 0.25) is 0 Å². The third-order valence-corrected chi connectivity index (χ3v) is 9.36. The van der Waals surface area contributed by atoms with Crippen molar-refractivity contribution in [3.8, 4) is 11.5 Å². The maximum Gasteiger partial charge on any atom is 0.338 e. The number of para-hydroxylation sites is 1. The number of methoxy groups -OCH3 is 2. The molecular weight excluding hydrogens is 646 g/mol. The van der Waals surface area contributed by atoms with E-state index in [0.29, 0.717) is 49.7 Å². The molecule has 44 heavy (non-hydrogen) atoms. The molecule has 11 heteroatoms. The van der Waals surface area contributed by atoms with E-state index in [0.717, 1.165) is 22.6 Å². The van der Waals surface area contributed by atoms with Gasteiger partial charge >= 0.3 is 5.97 Å². The Morgan fingerprint density at radius 2 is 1.68 bits per heavy atom. The van der Waals surface area contributed by atoms with Crippen LogP contribution in [-0.2, 0) is 20.9 Å². The van der Waals surface area contributed by atoms with Crippen molar-refractivity contribution in [2.45, 2.75) is 26.4 Å². The van der Waals surface area contributed by atoms with Gasteiger partial charge in [0.1, 0.15) is 4.53 Å². The molecule has 0 bridgehead atoms. The van der Waals surface area contributed by atoms with E-state index in [-0.39, 0.29) is 22.6 Å². The van der Waals surface area contributed by atoms with E-state index in [2.05, 4.69) is 20.9 Å². The predicted molar refractivity (Wildman–Crippen MR) is 171 cm³/mol. The van der Waals surface area contributed by atoms with Gasteiger partial charge in [0.15, 0.2) is 16.3 Å². The summed E-state index contributed by atoms with van der Waals surface area (Å²) in [4.78, 5) is 48.8. The number of hydrogen-bond donors (Lipinski definition) is 0. The minimum atomic E-state index is -0.916. The Morgan fingerprint density at radius 3 is 2.39 bits per heavy atom. The molecule has 0 radical (unpaired) electrons. The highest BCUT2D eigenvalue weighted by molar-refractivity contribution is 9.10. The van der Waals surface area contributed by atoms with Gasteiger partial charge in [0.25, 0.3) is 11.5 Å². The summed E-state index contributed by atoms with van der Waals surface area (Å²) in [6.45, 7) is 3.93. The highest BCUT2D eigenvalue weighted by atomic mass is 79.9. The molecule has 1 amide bonds. The number of halogens is 1. The molecule has 4 aromatic rings. The highest BCUT2D eigenvalue weighted by Gasteiger charge is 2.38. The molecule has 3 heterocycles. The molecule has 0 fully saturated rings. The van der Waals surface area contributed by atoms with Gasteiger partial charge in [-0.2, -0.15) is 0 Å². The van der Waals surface area contributed by atoms with Gasteiger partial charge in [0.05, 0.1) is 55.9 Å². The lowest BCUT2D eigenvalue weighted by Crippen LogP contribution is -2.41. The topological polar surface area (TPSA) is 99.4 Å². The van der Waals surface area contributed by atoms with Gasteiger partial charge in [-0.3, -0.25) is 14.2 Å². The van der Waals surface area contributed by atoms with Crippen LogP contribution in [0, 0.1) is 0 Å². The van der Waals surface area contributed by atoms with E-state index in [4.69, 9.17) is 14.2 Å². The first-order chi connectivity index (χ1) is 21.3. The number of thiazole rings is 1. The van der Waals surface area contributed by atoms with Crippen molar-refractivity contribution in [1.29, 1.82) is 0 Å². The summed E-state index contributed by atoms with van der Waals surface area (Å²) >= 11 is 4.75. The zero-order valence-corrected chi connectivity index (χ0v) is 26.8. The van der Waals surface area contributed by atoms with Crippen LogP contribution in [0.15, 0.2) is 92.3 Å². The molecule has 6 rings (SSSR count). The molecule has 0 aliphatic carbocycles.